The van der Waals surface area contributed by atoms with E-state index >= 15 is 0 Å². The standard InChI is InChI=1S/C15H13BrN2/c1-10-6-7-11(2)15(8-10)18-14-5-3-4-13(16)12(14)9-17/h3-8,18H,1-2H3. The van der Waals surface area contributed by atoms with Crippen LogP contribution in [0.2, 0.25) is 0 Å². The minimum absolute atomic E-state index is 0.624. The van der Waals surface area contributed by atoms with Crippen molar-refractivity contribution in [1.82, 2.24) is 0 Å². The lowest BCUT2D eigenvalue weighted by Gasteiger charge is -2.12. The summed E-state index contributed by atoms with van der Waals surface area (Å²) in [6.07, 6.45) is 0. The van der Waals surface area contributed by atoms with Gasteiger partial charge >= 0.3 is 0 Å². The largest absolute Gasteiger partial charge is 0.354 e. The maximum atomic E-state index is 9.18. The van der Waals surface area contributed by atoms with Gasteiger partial charge in [-0.1, -0.05) is 18.2 Å². The normalized spacial score (nSPS) is 9.89. The topological polar surface area (TPSA) is 35.8 Å². The minimum Gasteiger partial charge on any atom is -0.354 e. The molecule has 0 fully saturated rings. The molecule has 2 aromatic carbocycles. The third-order valence-corrected chi connectivity index (χ3v) is 3.45. The number of benzene rings is 2. The maximum Gasteiger partial charge on any atom is 0.103 e. The predicted molar refractivity (Wildman–Crippen MR) is 78.1 cm³/mol. The van der Waals surface area contributed by atoms with Crippen LogP contribution in [-0.4, -0.2) is 0 Å². The number of hydrogen-bond donors (Lipinski definition) is 1. The lowest BCUT2D eigenvalue weighted by molar-refractivity contribution is 1.37. The van der Waals surface area contributed by atoms with Crippen molar-refractivity contribution in [2.45, 2.75) is 13.8 Å². The molecular weight excluding hydrogens is 288 g/mol. The van der Waals surface area contributed by atoms with Crippen LogP contribution in [0.25, 0.3) is 0 Å². The van der Waals surface area contributed by atoms with Crippen molar-refractivity contribution < 1.29 is 0 Å². The first-order valence-electron chi connectivity index (χ1n) is 5.64. The molecule has 0 unspecified atom stereocenters. The van der Waals surface area contributed by atoms with Gasteiger partial charge in [0.1, 0.15) is 6.07 Å². The first-order chi connectivity index (χ1) is 8.61. The van der Waals surface area contributed by atoms with E-state index in [0.717, 1.165) is 21.4 Å². The predicted octanol–water partition coefficient (Wildman–Crippen LogP) is 4.68. The molecular formula is C15H13BrN2. The van der Waals surface area contributed by atoms with Crippen LogP contribution in [0.1, 0.15) is 16.7 Å². The van der Waals surface area contributed by atoms with Gasteiger partial charge in [-0.15, -0.1) is 0 Å². The van der Waals surface area contributed by atoms with Gasteiger partial charge in [-0.3, -0.25) is 0 Å². The SMILES string of the molecule is Cc1ccc(C)c(Nc2cccc(Br)c2C#N)c1. The Hall–Kier alpha value is -1.79. The first-order valence-corrected chi connectivity index (χ1v) is 6.44. The van der Waals surface area contributed by atoms with Crippen LogP contribution in [0.15, 0.2) is 40.9 Å². The summed E-state index contributed by atoms with van der Waals surface area (Å²) in [6.45, 7) is 4.10. The monoisotopic (exact) mass is 300 g/mol. The number of anilines is 2. The Morgan fingerprint density at radius 1 is 1.11 bits per heavy atom. The summed E-state index contributed by atoms with van der Waals surface area (Å²) in [6, 6.07) is 14.1. The van der Waals surface area contributed by atoms with Crippen LogP contribution in [0.3, 0.4) is 0 Å². The van der Waals surface area contributed by atoms with Gasteiger partial charge in [-0.2, -0.15) is 5.26 Å². The van der Waals surface area contributed by atoms with Gasteiger partial charge in [-0.25, -0.2) is 0 Å². The quantitative estimate of drug-likeness (QED) is 0.874. The summed E-state index contributed by atoms with van der Waals surface area (Å²) in [5.41, 5.74) is 4.82. The van der Waals surface area contributed by atoms with Crippen LogP contribution in [0.4, 0.5) is 11.4 Å². The fourth-order valence-corrected chi connectivity index (χ4v) is 2.21. The van der Waals surface area contributed by atoms with E-state index in [9.17, 15) is 5.26 Å². The smallest absolute Gasteiger partial charge is 0.103 e. The Kier molecular flexibility index (Phi) is 3.69. The molecule has 0 aliphatic heterocycles. The highest BCUT2D eigenvalue weighted by molar-refractivity contribution is 9.10. The maximum absolute atomic E-state index is 9.18. The Morgan fingerprint density at radius 3 is 2.61 bits per heavy atom. The van der Waals surface area contributed by atoms with Crippen molar-refractivity contribution in [3.05, 3.63) is 57.6 Å². The van der Waals surface area contributed by atoms with E-state index in [4.69, 9.17) is 0 Å². The van der Waals surface area contributed by atoms with Gasteiger partial charge in [0.15, 0.2) is 0 Å². The van der Waals surface area contributed by atoms with E-state index in [1.807, 2.05) is 25.1 Å². The van der Waals surface area contributed by atoms with Crippen molar-refractivity contribution in [2.75, 3.05) is 5.32 Å². The molecule has 0 aliphatic carbocycles. The average molecular weight is 301 g/mol. The molecule has 0 radical (unpaired) electrons. The highest BCUT2D eigenvalue weighted by Crippen LogP contribution is 2.28. The molecule has 0 aliphatic rings. The molecule has 1 N–H and O–H groups in total. The number of nitriles is 1. The van der Waals surface area contributed by atoms with Crippen molar-refractivity contribution in [1.29, 1.82) is 5.26 Å². The molecule has 0 heterocycles. The number of rotatable bonds is 2. The second kappa shape index (κ2) is 5.24. The van der Waals surface area contributed by atoms with Gasteiger partial charge in [0.2, 0.25) is 0 Å². The van der Waals surface area contributed by atoms with Crippen LogP contribution >= 0.6 is 15.9 Å². The zero-order valence-electron chi connectivity index (χ0n) is 10.3. The van der Waals surface area contributed by atoms with Gasteiger partial charge in [0, 0.05) is 10.2 Å². The zero-order chi connectivity index (χ0) is 13.1. The molecule has 2 rings (SSSR count). The molecule has 0 bridgehead atoms. The van der Waals surface area contributed by atoms with Crippen molar-refractivity contribution >= 4 is 27.3 Å². The molecule has 0 saturated carbocycles. The Labute approximate surface area is 115 Å². The van der Waals surface area contributed by atoms with Gasteiger partial charge < -0.3 is 5.32 Å². The Balaban J connectivity index is 2.44. The number of aryl methyl sites for hydroxylation is 2. The molecule has 0 atom stereocenters. The molecule has 0 spiro atoms. The first kappa shape index (κ1) is 12.7. The lowest BCUT2D eigenvalue weighted by atomic mass is 10.1. The third-order valence-electron chi connectivity index (χ3n) is 2.79. The number of hydrogen-bond acceptors (Lipinski definition) is 2. The Bertz CT molecular complexity index is 627. The molecule has 0 saturated heterocycles. The number of nitrogens with zero attached hydrogens (tertiary/aromatic N) is 1. The number of halogens is 1. The van der Waals surface area contributed by atoms with Crippen molar-refractivity contribution in [3.8, 4) is 6.07 Å². The average Bonchev–Trinajstić information content (AvgIpc) is 2.34. The zero-order valence-corrected chi connectivity index (χ0v) is 11.9. The van der Waals surface area contributed by atoms with E-state index in [-0.39, 0.29) is 0 Å². The van der Waals surface area contributed by atoms with Gasteiger partial charge in [0.25, 0.3) is 0 Å². The molecule has 2 aromatic rings. The second-order valence-corrected chi connectivity index (χ2v) is 5.07. The van der Waals surface area contributed by atoms with Crippen LogP contribution in [-0.2, 0) is 0 Å². The summed E-state index contributed by atoms with van der Waals surface area (Å²) in [4.78, 5) is 0. The minimum atomic E-state index is 0.624. The van der Waals surface area contributed by atoms with E-state index in [2.05, 4.69) is 52.4 Å². The van der Waals surface area contributed by atoms with Gasteiger partial charge in [0.05, 0.1) is 11.3 Å². The molecule has 3 heteroatoms. The van der Waals surface area contributed by atoms with Crippen LogP contribution < -0.4 is 5.32 Å². The van der Waals surface area contributed by atoms with Gasteiger partial charge in [-0.05, 0) is 59.1 Å². The van der Waals surface area contributed by atoms with Crippen LogP contribution in [0.5, 0.6) is 0 Å². The van der Waals surface area contributed by atoms with E-state index in [1.54, 1.807) is 0 Å². The highest BCUT2D eigenvalue weighted by atomic mass is 79.9. The summed E-state index contributed by atoms with van der Waals surface area (Å²) >= 11 is 3.39. The van der Waals surface area contributed by atoms with E-state index < -0.39 is 0 Å². The molecule has 0 amide bonds. The molecule has 18 heavy (non-hydrogen) atoms. The summed E-state index contributed by atoms with van der Waals surface area (Å²) in [5, 5.41) is 12.5. The molecule has 2 nitrogen and oxygen atoms in total. The Morgan fingerprint density at radius 2 is 1.89 bits per heavy atom. The lowest BCUT2D eigenvalue weighted by Crippen LogP contribution is -1.96. The van der Waals surface area contributed by atoms with Crippen LogP contribution in [0, 0.1) is 25.2 Å². The van der Waals surface area contributed by atoms with E-state index in [1.165, 1.54) is 5.56 Å². The molecule has 0 aromatic heterocycles. The van der Waals surface area contributed by atoms with E-state index in [0.29, 0.717) is 5.56 Å². The highest BCUT2D eigenvalue weighted by Gasteiger charge is 2.07. The fourth-order valence-electron chi connectivity index (χ4n) is 1.76. The number of nitrogens with one attached hydrogen (secondary N) is 1. The summed E-state index contributed by atoms with van der Waals surface area (Å²) in [5.74, 6) is 0. The van der Waals surface area contributed by atoms with Crippen molar-refractivity contribution in [2.24, 2.45) is 0 Å². The second-order valence-electron chi connectivity index (χ2n) is 4.22. The fraction of sp³-hybridized carbons (Fsp3) is 0.133. The summed E-state index contributed by atoms with van der Waals surface area (Å²) in [7, 11) is 0. The summed E-state index contributed by atoms with van der Waals surface area (Å²) < 4.78 is 0.806. The molecule has 90 valence electrons. The van der Waals surface area contributed by atoms with Crippen molar-refractivity contribution in [3.63, 3.8) is 0 Å². The third kappa shape index (κ3) is 2.55.